The van der Waals surface area contributed by atoms with E-state index in [-0.39, 0.29) is 11.9 Å². The summed E-state index contributed by atoms with van der Waals surface area (Å²) in [7, 11) is 1.92. The van der Waals surface area contributed by atoms with E-state index in [1.54, 1.807) is 6.20 Å². The number of aromatic nitrogens is 5. The minimum atomic E-state index is -0.900. The van der Waals surface area contributed by atoms with E-state index >= 15 is 0 Å². The Morgan fingerprint density at radius 2 is 2.00 bits per heavy atom. The lowest BCUT2D eigenvalue weighted by molar-refractivity contribution is -0.149. The number of carbonyl (C=O) groups excluding carboxylic acids is 1. The van der Waals surface area contributed by atoms with Crippen molar-refractivity contribution in [2.75, 3.05) is 43.0 Å². The van der Waals surface area contributed by atoms with E-state index < -0.39 is 5.41 Å². The molecule has 10 nitrogen and oxygen atoms in total. The van der Waals surface area contributed by atoms with Gasteiger partial charge in [-0.15, -0.1) is 0 Å². The maximum absolute atomic E-state index is 13.1. The lowest BCUT2D eigenvalue weighted by Crippen LogP contribution is -2.43. The number of esters is 1. The molecule has 0 spiro atoms. The molecule has 1 aliphatic carbocycles. The van der Waals surface area contributed by atoms with Gasteiger partial charge in [0.25, 0.3) is 0 Å². The fraction of sp³-hybridized carbons (Fsp3) is 0.500. The molecule has 190 valence electrons. The SMILES string of the molecule is CCOC(=O)C1(C)Cc2cnc(Nc3ccc(N4CCNCC4)cn3)nc2-c2c1nn(C)c2C(C)C. The Morgan fingerprint density at radius 1 is 1.22 bits per heavy atom. The van der Waals surface area contributed by atoms with Gasteiger partial charge < -0.3 is 20.3 Å². The van der Waals surface area contributed by atoms with Crippen LogP contribution in [0.4, 0.5) is 17.5 Å². The zero-order valence-corrected chi connectivity index (χ0v) is 21.6. The van der Waals surface area contributed by atoms with Crippen LogP contribution >= 0.6 is 0 Å². The summed E-state index contributed by atoms with van der Waals surface area (Å²) in [6.07, 6.45) is 4.12. The number of rotatable bonds is 6. The smallest absolute Gasteiger partial charge is 0.318 e. The molecule has 2 N–H and O–H groups in total. The van der Waals surface area contributed by atoms with Crippen molar-refractivity contribution >= 4 is 23.4 Å². The van der Waals surface area contributed by atoms with Crippen LogP contribution < -0.4 is 15.5 Å². The minimum absolute atomic E-state index is 0.189. The lowest BCUT2D eigenvalue weighted by atomic mass is 9.73. The van der Waals surface area contributed by atoms with E-state index in [1.165, 1.54) is 0 Å². The summed E-state index contributed by atoms with van der Waals surface area (Å²) in [6, 6.07) is 4.02. The third-order valence-electron chi connectivity index (χ3n) is 7.00. The third kappa shape index (κ3) is 4.19. The van der Waals surface area contributed by atoms with Gasteiger partial charge >= 0.3 is 5.97 Å². The predicted molar refractivity (Wildman–Crippen MR) is 139 cm³/mol. The Labute approximate surface area is 211 Å². The minimum Gasteiger partial charge on any atom is -0.465 e. The molecular formula is C26H34N8O2. The van der Waals surface area contributed by atoms with Crippen molar-refractivity contribution in [3.8, 4) is 11.3 Å². The van der Waals surface area contributed by atoms with Gasteiger partial charge in [-0.2, -0.15) is 5.10 Å². The maximum Gasteiger partial charge on any atom is 0.318 e. The van der Waals surface area contributed by atoms with Crippen molar-refractivity contribution in [1.29, 1.82) is 0 Å². The van der Waals surface area contributed by atoms with Gasteiger partial charge in [-0.05, 0) is 43.9 Å². The topological polar surface area (TPSA) is 110 Å². The van der Waals surface area contributed by atoms with E-state index in [2.05, 4.69) is 45.4 Å². The Bertz CT molecular complexity index is 1260. The second-order valence-electron chi connectivity index (χ2n) is 9.95. The molecule has 4 heterocycles. The van der Waals surface area contributed by atoms with E-state index in [0.29, 0.717) is 30.5 Å². The highest BCUT2D eigenvalue weighted by molar-refractivity contribution is 5.89. The summed E-state index contributed by atoms with van der Waals surface area (Å²) in [6.45, 7) is 12.2. The van der Waals surface area contributed by atoms with Crippen LogP contribution in [-0.2, 0) is 28.4 Å². The summed E-state index contributed by atoms with van der Waals surface area (Å²) in [4.78, 5) is 29.5. The van der Waals surface area contributed by atoms with Gasteiger partial charge in [0.15, 0.2) is 0 Å². The van der Waals surface area contributed by atoms with Crippen molar-refractivity contribution in [2.24, 2.45) is 7.05 Å². The van der Waals surface area contributed by atoms with Crippen LogP contribution in [0.1, 0.15) is 50.6 Å². The maximum atomic E-state index is 13.1. The standard InChI is InChI=1S/C26H34N8O2/c1-6-36-24(35)26(4)13-17-14-29-25(31-21(17)20-22(16(2)3)33(5)32-23(20)26)30-19-8-7-18(15-28-19)34-11-9-27-10-12-34/h7-8,14-16,27H,6,9-13H2,1-5H3,(H,28,29,30,31). The number of piperazine rings is 1. The highest BCUT2D eigenvalue weighted by atomic mass is 16.5. The summed E-state index contributed by atoms with van der Waals surface area (Å²) in [5, 5.41) is 11.4. The number of hydrogen-bond donors (Lipinski definition) is 2. The number of nitrogens with zero attached hydrogens (tertiary/aromatic N) is 6. The highest BCUT2D eigenvalue weighted by Gasteiger charge is 2.47. The molecule has 3 aromatic rings. The quantitative estimate of drug-likeness (QED) is 0.504. The first-order valence-corrected chi connectivity index (χ1v) is 12.6. The van der Waals surface area contributed by atoms with Crippen LogP contribution in [0, 0.1) is 0 Å². The molecule has 1 fully saturated rings. The first-order valence-electron chi connectivity index (χ1n) is 12.6. The van der Waals surface area contributed by atoms with Gasteiger partial charge in [0.2, 0.25) is 5.95 Å². The van der Waals surface area contributed by atoms with Gasteiger partial charge in [-0.3, -0.25) is 9.48 Å². The van der Waals surface area contributed by atoms with E-state index in [1.807, 2.05) is 37.8 Å². The van der Waals surface area contributed by atoms with Crippen LogP contribution in [0.15, 0.2) is 24.5 Å². The zero-order chi connectivity index (χ0) is 25.4. The van der Waals surface area contributed by atoms with Gasteiger partial charge in [0, 0.05) is 45.0 Å². The molecule has 10 heteroatoms. The largest absolute Gasteiger partial charge is 0.465 e. The van der Waals surface area contributed by atoms with Gasteiger partial charge in [0.05, 0.1) is 35.6 Å². The summed E-state index contributed by atoms with van der Waals surface area (Å²) in [5.74, 6) is 1.05. The van der Waals surface area contributed by atoms with Crippen LogP contribution in [-0.4, -0.2) is 63.5 Å². The number of hydrogen-bond acceptors (Lipinski definition) is 9. The number of aryl methyl sites for hydroxylation is 1. The number of pyridine rings is 1. The molecule has 1 unspecified atom stereocenters. The molecule has 0 bridgehead atoms. The van der Waals surface area contributed by atoms with Crippen molar-refractivity contribution in [3.05, 3.63) is 41.5 Å². The molecule has 0 amide bonds. The van der Waals surface area contributed by atoms with Gasteiger partial charge in [0.1, 0.15) is 11.2 Å². The molecule has 1 aliphatic heterocycles. The molecule has 5 rings (SSSR count). The molecule has 1 atom stereocenters. The van der Waals surface area contributed by atoms with E-state index in [0.717, 1.165) is 54.4 Å². The van der Waals surface area contributed by atoms with Crippen molar-refractivity contribution in [1.82, 2.24) is 30.0 Å². The summed E-state index contributed by atoms with van der Waals surface area (Å²) >= 11 is 0. The third-order valence-corrected chi connectivity index (χ3v) is 7.00. The highest BCUT2D eigenvalue weighted by Crippen LogP contribution is 2.46. The number of carbonyl (C=O) groups is 1. The van der Waals surface area contributed by atoms with Crippen molar-refractivity contribution in [3.63, 3.8) is 0 Å². The Morgan fingerprint density at radius 3 is 2.67 bits per heavy atom. The molecule has 36 heavy (non-hydrogen) atoms. The van der Waals surface area contributed by atoms with E-state index in [9.17, 15) is 4.79 Å². The number of anilines is 3. The monoisotopic (exact) mass is 490 g/mol. The molecule has 3 aromatic heterocycles. The molecule has 1 saturated heterocycles. The first-order chi connectivity index (χ1) is 17.3. The average Bonchev–Trinajstić information content (AvgIpc) is 3.24. The number of ether oxygens (including phenoxy) is 1. The summed E-state index contributed by atoms with van der Waals surface area (Å²) < 4.78 is 7.33. The Hall–Kier alpha value is -3.53. The number of nitrogens with one attached hydrogen (secondary N) is 2. The average molecular weight is 491 g/mol. The normalized spacial score (nSPS) is 19.1. The molecular weight excluding hydrogens is 456 g/mol. The van der Waals surface area contributed by atoms with E-state index in [4.69, 9.17) is 14.8 Å². The van der Waals surface area contributed by atoms with Crippen LogP contribution in [0.25, 0.3) is 11.3 Å². The fourth-order valence-corrected chi connectivity index (χ4v) is 5.24. The molecule has 0 radical (unpaired) electrons. The lowest BCUT2D eigenvalue weighted by Gasteiger charge is -2.31. The van der Waals surface area contributed by atoms with Crippen LogP contribution in [0.3, 0.4) is 0 Å². The molecule has 0 aromatic carbocycles. The van der Waals surface area contributed by atoms with Gasteiger partial charge in [-0.25, -0.2) is 15.0 Å². The van der Waals surface area contributed by atoms with Crippen LogP contribution in [0.5, 0.6) is 0 Å². The zero-order valence-electron chi connectivity index (χ0n) is 21.6. The summed E-state index contributed by atoms with van der Waals surface area (Å²) in [5.41, 5.74) is 4.56. The van der Waals surface area contributed by atoms with Gasteiger partial charge in [-0.1, -0.05) is 13.8 Å². The second kappa shape index (κ2) is 9.50. The van der Waals surface area contributed by atoms with Crippen molar-refractivity contribution in [2.45, 2.75) is 45.4 Å². The second-order valence-corrected chi connectivity index (χ2v) is 9.95. The predicted octanol–water partition coefficient (Wildman–Crippen LogP) is 2.93. The fourth-order valence-electron chi connectivity index (χ4n) is 5.24. The molecule has 2 aliphatic rings. The van der Waals surface area contributed by atoms with Crippen LogP contribution in [0.2, 0.25) is 0 Å². The molecule has 0 saturated carbocycles. The first kappa shape index (κ1) is 24.2. The van der Waals surface area contributed by atoms with Crippen molar-refractivity contribution < 1.29 is 9.53 Å². The number of fused-ring (bicyclic) bond motifs is 3. The Balaban J connectivity index is 1.49. The Kier molecular flexibility index (Phi) is 6.38.